The van der Waals surface area contributed by atoms with Gasteiger partial charge in [-0.25, -0.2) is 9.79 Å². The Morgan fingerprint density at radius 3 is 2.44 bits per heavy atom. The Morgan fingerprint density at radius 2 is 1.82 bits per heavy atom. The number of piperidine rings is 1. The number of hydrogen-bond donors (Lipinski definition) is 0. The van der Waals surface area contributed by atoms with E-state index < -0.39 is 12.0 Å². The number of amidine groups is 1. The van der Waals surface area contributed by atoms with Gasteiger partial charge in [0.1, 0.15) is 11.5 Å². The van der Waals surface area contributed by atoms with Crippen molar-refractivity contribution in [2.24, 2.45) is 10.9 Å². The number of benzene rings is 1. The van der Waals surface area contributed by atoms with Crippen molar-refractivity contribution in [1.29, 1.82) is 0 Å². The van der Waals surface area contributed by atoms with Gasteiger partial charge in [0.2, 0.25) is 5.91 Å². The van der Waals surface area contributed by atoms with Crippen molar-refractivity contribution < 1.29 is 33.3 Å². The first-order valence-corrected chi connectivity index (χ1v) is 14.0. The van der Waals surface area contributed by atoms with E-state index in [0.717, 1.165) is 11.3 Å². The fourth-order valence-corrected chi connectivity index (χ4v) is 6.08. The highest BCUT2D eigenvalue weighted by molar-refractivity contribution is 8.16. The van der Waals surface area contributed by atoms with Gasteiger partial charge in [-0.05, 0) is 43.7 Å². The lowest BCUT2D eigenvalue weighted by molar-refractivity contribution is -0.151. The van der Waals surface area contributed by atoms with E-state index in [1.54, 1.807) is 32.1 Å². The third-order valence-electron chi connectivity index (χ3n) is 7.16. The van der Waals surface area contributed by atoms with Crippen molar-refractivity contribution in [1.82, 2.24) is 9.80 Å². The molecular formula is C28H35N3O7S. The number of hydrogen-bond acceptors (Lipinski definition) is 10. The highest BCUT2D eigenvalue weighted by Crippen LogP contribution is 2.48. The van der Waals surface area contributed by atoms with E-state index in [1.807, 2.05) is 29.4 Å². The minimum absolute atomic E-state index is 0.0456. The Labute approximate surface area is 233 Å². The molecule has 0 N–H and O–H groups in total. The van der Waals surface area contributed by atoms with Gasteiger partial charge in [-0.15, -0.1) is 0 Å². The molecule has 0 unspecified atom stereocenters. The Morgan fingerprint density at radius 1 is 1.08 bits per heavy atom. The molecule has 1 atom stereocenters. The minimum atomic E-state index is -0.607. The Hall–Kier alpha value is -3.47. The SMILES string of the molecule is CCOC(=O)C1CCN(C(=O)CC2=CSC3=NC(CC)=C(C(=O)OC)[C@H](c4ccc(OC)cc4OC)N23)CC1. The van der Waals surface area contributed by atoms with Gasteiger partial charge in [-0.3, -0.25) is 9.59 Å². The summed E-state index contributed by atoms with van der Waals surface area (Å²) in [4.78, 5) is 47.2. The summed E-state index contributed by atoms with van der Waals surface area (Å²) in [7, 11) is 4.49. The van der Waals surface area contributed by atoms with Crippen LogP contribution in [0.1, 0.15) is 51.1 Å². The normalized spacial score (nSPS) is 19.3. The molecule has 10 nitrogen and oxygen atoms in total. The second-order valence-electron chi connectivity index (χ2n) is 9.29. The molecule has 4 rings (SSSR count). The number of carbonyl (C=O) groups excluding carboxylic acids is 3. The Kier molecular flexibility index (Phi) is 9.21. The summed E-state index contributed by atoms with van der Waals surface area (Å²) in [5, 5.41) is 2.60. The average Bonchev–Trinajstić information content (AvgIpc) is 3.37. The fourth-order valence-electron chi connectivity index (χ4n) is 5.14. The third kappa shape index (κ3) is 5.78. The first-order chi connectivity index (χ1) is 18.9. The molecule has 0 radical (unpaired) electrons. The van der Waals surface area contributed by atoms with Crippen LogP contribution in [0.3, 0.4) is 0 Å². The molecule has 0 aromatic heterocycles. The number of thioether (sulfide) groups is 1. The molecule has 210 valence electrons. The molecule has 1 aromatic carbocycles. The average molecular weight is 558 g/mol. The van der Waals surface area contributed by atoms with Crippen molar-refractivity contribution in [2.75, 3.05) is 41.0 Å². The molecule has 0 aliphatic carbocycles. The first-order valence-electron chi connectivity index (χ1n) is 13.1. The summed E-state index contributed by atoms with van der Waals surface area (Å²) in [6, 6.07) is 4.84. The van der Waals surface area contributed by atoms with Gasteiger partial charge in [-0.2, -0.15) is 0 Å². The fraction of sp³-hybridized carbons (Fsp3) is 0.500. The van der Waals surface area contributed by atoms with E-state index in [9.17, 15) is 14.4 Å². The summed E-state index contributed by atoms with van der Waals surface area (Å²) >= 11 is 1.42. The summed E-state index contributed by atoms with van der Waals surface area (Å²) in [6.07, 6.45) is 1.81. The molecule has 3 heterocycles. The van der Waals surface area contributed by atoms with Crippen LogP contribution < -0.4 is 9.47 Å². The molecule has 1 saturated heterocycles. The van der Waals surface area contributed by atoms with Gasteiger partial charge < -0.3 is 28.7 Å². The molecule has 0 spiro atoms. The number of nitrogens with zero attached hydrogens (tertiary/aromatic N) is 3. The van der Waals surface area contributed by atoms with Crippen LogP contribution in [0.5, 0.6) is 11.5 Å². The molecule has 1 fully saturated rings. The third-order valence-corrected chi connectivity index (χ3v) is 8.05. The maximum Gasteiger partial charge on any atom is 0.338 e. The number of methoxy groups -OCH3 is 3. The van der Waals surface area contributed by atoms with E-state index >= 15 is 0 Å². The van der Waals surface area contributed by atoms with Gasteiger partial charge >= 0.3 is 11.9 Å². The molecule has 1 aromatic rings. The molecule has 1 amide bonds. The second kappa shape index (κ2) is 12.6. The lowest BCUT2D eigenvalue weighted by atomic mass is 9.92. The predicted octanol–water partition coefficient (Wildman–Crippen LogP) is 4.03. The van der Waals surface area contributed by atoms with Crippen molar-refractivity contribution in [2.45, 2.75) is 45.6 Å². The van der Waals surface area contributed by atoms with Gasteiger partial charge in [0.15, 0.2) is 5.17 Å². The van der Waals surface area contributed by atoms with E-state index in [0.29, 0.717) is 66.9 Å². The van der Waals surface area contributed by atoms with Crippen LogP contribution in [0, 0.1) is 5.92 Å². The summed E-state index contributed by atoms with van der Waals surface area (Å²) in [5.74, 6) is 0.257. The smallest absolute Gasteiger partial charge is 0.338 e. The van der Waals surface area contributed by atoms with Crippen LogP contribution in [-0.2, 0) is 23.9 Å². The molecule has 0 bridgehead atoms. The molecule has 3 aliphatic rings. The largest absolute Gasteiger partial charge is 0.497 e. The summed E-state index contributed by atoms with van der Waals surface area (Å²) in [5.41, 5.74) is 2.50. The number of esters is 2. The van der Waals surface area contributed by atoms with E-state index in [4.69, 9.17) is 23.9 Å². The van der Waals surface area contributed by atoms with Gasteiger partial charge in [0, 0.05) is 30.4 Å². The maximum absolute atomic E-state index is 13.4. The molecule has 11 heteroatoms. The lowest BCUT2D eigenvalue weighted by Crippen LogP contribution is -2.42. The van der Waals surface area contributed by atoms with Crippen molar-refractivity contribution in [3.8, 4) is 11.5 Å². The van der Waals surface area contributed by atoms with Gasteiger partial charge in [0.05, 0.1) is 57.6 Å². The van der Waals surface area contributed by atoms with Gasteiger partial charge in [-0.1, -0.05) is 18.7 Å². The van der Waals surface area contributed by atoms with Crippen molar-refractivity contribution in [3.63, 3.8) is 0 Å². The number of likely N-dealkylation sites (tertiary alicyclic amines) is 1. The van der Waals surface area contributed by atoms with E-state index in [-0.39, 0.29) is 24.2 Å². The van der Waals surface area contributed by atoms with Crippen molar-refractivity contribution >= 4 is 34.8 Å². The number of ether oxygens (including phenoxy) is 4. The number of aliphatic imine (C=N–C) groups is 1. The zero-order valence-corrected chi connectivity index (χ0v) is 23.8. The van der Waals surface area contributed by atoms with Crippen LogP contribution in [0.2, 0.25) is 0 Å². The van der Waals surface area contributed by atoms with E-state index in [1.165, 1.54) is 18.9 Å². The van der Waals surface area contributed by atoms with Crippen molar-refractivity contribution in [3.05, 3.63) is 46.1 Å². The summed E-state index contributed by atoms with van der Waals surface area (Å²) < 4.78 is 21.5. The Balaban J connectivity index is 1.63. The number of allylic oxidation sites excluding steroid dienone is 1. The van der Waals surface area contributed by atoms with Gasteiger partial charge in [0.25, 0.3) is 0 Å². The minimum Gasteiger partial charge on any atom is -0.497 e. The monoisotopic (exact) mass is 557 g/mol. The summed E-state index contributed by atoms with van der Waals surface area (Å²) in [6.45, 7) is 5.07. The molecular weight excluding hydrogens is 522 g/mol. The zero-order chi connectivity index (χ0) is 28.1. The standard InChI is InChI=1S/C28H35N3O7S/c1-6-21-24(27(34)37-5)25(20-9-8-19(35-3)15-22(20)36-4)31-18(16-39-28(31)29-21)14-23(32)30-12-10-17(11-13-30)26(33)38-7-2/h8-9,15-17,25H,6-7,10-14H2,1-5H3/t25-/m0/s1. The molecule has 39 heavy (non-hydrogen) atoms. The highest BCUT2D eigenvalue weighted by Gasteiger charge is 2.43. The quantitative estimate of drug-likeness (QED) is 0.416. The topological polar surface area (TPSA) is 107 Å². The first kappa shape index (κ1) is 28.5. The van der Waals surface area contributed by atoms with Crippen LogP contribution in [-0.4, -0.2) is 73.8 Å². The number of amides is 1. The highest BCUT2D eigenvalue weighted by atomic mass is 32.2. The lowest BCUT2D eigenvalue weighted by Gasteiger charge is -2.38. The number of rotatable bonds is 9. The second-order valence-corrected chi connectivity index (χ2v) is 10.1. The van der Waals surface area contributed by atoms with Crippen LogP contribution >= 0.6 is 11.8 Å². The predicted molar refractivity (Wildman–Crippen MR) is 147 cm³/mol. The van der Waals surface area contributed by atoms with Crippen LogP contribution in [0.4, 0.5) is 0 Å². The number of carbonyl (C=O) groups is 3. The zero-order valence-electron chi connectivity index (χ0n) is 23.0. The van der Waals surface area contributed by atoms with E-state index in [2.05, 4.69) is 0 Å². The molecule has 3 aliphatic heterocycles. The van der Waals surface area contributed by atoms with Crippen LogP contribution in [0.15, 0.2) is 45.6 Å². The Bertz CT molecular complexity index is 1220. The van der Waals surface area contributed by atoms with Crippen LogP contribution in [0.25, 0.3) is 0 Å². The maximum atomic E-state index is 13.4. The molecule has 0 saturated carbocycles. The number of fused-ring (bicyclic) bond motifs is 1.